The van der Waals surface area contributed by atoms with Crippen LogP contribution < -0.4 is 4.57 Å². The third-order valence-corrected chi connectivity index (χ3v) is 7.03. The van der Waals surface area contributed by atoms with Gasteiger partial charge in [-0.25, -0.2) is 4.57 Å². The molecule has 5 aromatic rings. The Balaban J connectivity index is 1.69. The fourth-order valence-electron chi connectivity index (χ4n) is 5.30. The van der Waals surface area contributed by atoms with E-state index in [1.165, 1.54) is 19.2 Å². The second-order valence-electron chi connectivity index (χ2n) is 9.35. The van der Waals surface area contributed by atoms with Gasteiger partial charge in [0.15, 0.2) is 6.20 Å². The molecule has 0 radical (unpaired) electrons. The van der Waals surface area contributed by atoms with Crippen molar-refractivity contribution in [2.24, 2.45) is 7.05 Å². The smallest absolute Gasteiger partial charge is 0.216 e. The van der Waals surface area contributed by atoms with Crippen molar-refractivity contribution in [1.82, 2.24) is 4.98 Å². The zero-order valence-electron chi connectivity index (χ0n) is 29.5. The van der Waals surface area contributed by atoms with E-state index < -0.39 is 31.9 Å². The van der Waals surface area contributed by atoms with Crippen LogP contribution in [0.15, 0.2) is 59.3 Å². The molecule has 0 saturated heterocycles. The van der Waals surface area contributed by atoms with Gasteiger partial charge in [-0.1, -0.05) is 63.9 Å². The highest BCUT2D eigenvalue weighted by Crippen LogP contribution is 2.51. The Morgan fingerprint density at radius 1 is 1.09 bits per heavy atom. The van der Waals surface area contributed by atoms with Crippen LogP contribution in [0.25, 0.3) is 44.3 Å². The molecule has 3 heteroatoms. The molecule has 3 heterocycles. The minimum atomic E-state index is -2.77. The Morgan fingerprint density at radius 3 is 2.71 bits per heavy atom. The van der Waals surface area contributed by atoms with Gasteiger partial charge in [-0.05, 0) is 41.9 Å². The highest BCUT2D eigenvalue weighted by molar-refractivity contribution is 6.14. The quantitative estimate of drug-likeness (QED) is 0.257. The van der Waals surface area contributed by atoms with Crippen molar-refractivity contribution in [1.29, 1.82) is 0 Å². The van der Waals surface area contributed by atoms with Crippen LogP contribution in [0.2, 0.25) is 0 Å². The summed E-state index contributed by atoms with van der Waals surface area (Å²) in [5.74, 6) is -2.18. The average Bonchev–Trinajstić information content (AvgIpc) is 3.41. The van der Waals surface area contributed by atoms with Crippen molar-refractivity contribution in [3.63, 3.8) is 0 Å². The molecule has 3 nitrogen and oxygen atoms in total. The summed E-state index contributed by atoms with van der Waals surface area (Å²) >= 11 is 0. The van der Waals surface area contributed by atoms with Gasteiger partial charge in [0, 0.05) is 53.3 Å². The van der Waals surface area contributed by atoms with E-state index in [-0.39, 0.29) is 11.1 Å². The molecular weight excluding hydrogens is 416 g/mol. The highest BCUT2D eigenvalue weighted by Gasteiger charge is 2.39. The summed E-state index contributed by atoms with van der Waals surface area (Å²) in [4.78, 5) is 4.72. The highest BCUT2D eigenvalue weighted by atomic mass is 16.3. The molecule has 1 aliphatic carbocycles. The summed E-state index contributed by atoms with van der Waals surface area (Å²) < 4.78 is 90.8. The first kappa shape index (κ1) is 12.9. The Bertz CT molecular complexity index is 2000. The zero-order valence-corrected chi connectivity index (χ0v) is 19.5. The van der Waals surface area contributed by atoms with Crippen LogP contribution in [0.3, 0.4) is 0 Å². The van der Waals surface area contributed by atoms with Crippen molar-refractivity contribution < 1.29 is 22.7 Å². The summed E-state index contributed by atoms with van der Waals surface area (Å²) in [6.07, 6.45) is 3.04. The first-order valence-corrected chi connectivity index (χ1v) is 11.2. The topological polar surface area (TPSA) is 29.9 Å². The SMILES string of the molecule is [2H]C([2H])([2H])c1cc(-c2c(C)ccc3c2oc2c4c(ncc23)C(C)(C([2H])([2H])[2H])c2ccccc2-4)[n+](C)cc1C([2H])(C)C([2H])([2H])[2H]. The molecule has 3 aromatic heterocycles. The number of rotatable bonds is 2. The fraction of sp³-hybridized carbons (Fsp3) is 0.290. The number of aromatic nitrogens is 2. The van der Waals surface area contributed by atoms with Crippen LogP contribution in [0.4, 0.5) is 0 Å². The molecule has 0 spiro atoms. The van der Waals surface area contributed by atoms with Crippen LogP contribution in [0.1, 0.15) is 75.1 Å². The number of benzene rings is 2. The van der Waals surface area contributed by atoms with Crippen molar-refractivity contribution in [2.75, 3.05) is 0 Å². The lowest BCUT2D eigenvalue weighted by molar-refractivity contribution is -0.660. The van der Waals surface area contributed by atoms with Crippen molar-refractivity contribution in [3.05, 3.63) is 82.8 Å². The predicted molar refractivity (Wildman–Crippen MR) is 139 cm³/mol. The van der Waals surface area contributed by atoms with E-state index in [9.17, 15) is 0 Å². The summed E-state index contributed by atoms with van der Waals surface area (Å²) in [5.41, 5.74) is 3.47. The molecule has 0 amide bonds. The number of hydrogen-bond donors (Lipinski definition) is 0. The lowest BCUT2D eigenvalue weighted by Gasteiger charge is -2.19. The van der Waals surface area contributed by atoms with Gasteiger partial charge in [0.2, 0.25) is 5.69 Å². The van der Waals surface area contributed by atoms with Crippen LogP contribution in [-0.4, -0.2) is 4.98 Å². The first-order chi connectivity index (χ1) is 20.2. The van der Waals surface area contributed by atoms with Crippen molar-refractivity contribution >= 4 is 21.9 Å². The maximum Gasteiger partial charge on any atom is 0.216 e. The average molecular weight is 458 g/mol. The van der Waals surface area contributed by atoms with Gasteiger partial charge in [-0.2, -0.15) is 0 Å². The largest absolute Gasteiger partial charge is 0.454 e. The van der Waals surface area contributed by atoms with Gasteiger partial charge < -0.3 is 4.42 Å². The number of nitrogens with zero attached hydrogens (tertiary/aromatic N) is 2. The maximum atomic E-state index is 8.67. The molecule has 0 saturated carbocycles. The normalized spacial score (nSPS) is 24.2. The third-order valence-electron chi connectivity index (χ3n) is 7.03. The number of furan rings is 1. The number of aryl methyl sites for hydroxylation is 3. The first-order valence-electron chi connectivity index (χ1n) is 16.2. The van der Waals surface area contributed by atoms with E-state index >= 15 is 0 Å². The summed E-state index contributed by atoms with van der Waals surface area (Å²) in [6.45, 7) is -3.11. The van der Waals surface area contributed by atoms with E-state index in [0.29, 0.717) is 50.0 Å². The number of pyridine rings is 2. The summed E-state index contributed by atoms with van der Waals surface area (Å²) in [5, 5.41) is 1.39. The van der Waals surface area contributed by atoms with Gasteiger partial charge in [-0.15, -0.1) is 0 Å². The molecule has 0 fully saturated rings. The number of hydrogen-bond acceptors (Lipinski definition) is 2. The predicted octanol–water partition coefficient (Wildman–Crippen LogP) is 7.52. The van der Waals surface area contributed by atoms with Crippen LogP contribution in [-0.2, 0) is 12.5 Å². The molecule has 34 heavy (non-hydrogen) atoms. The maximum absolute atomic E-state index is 8.67. The fourth-order valence-corrected chi connectivity index (χ4v) is 5.30. The Labute approximate surface area is 215 Å². The molecule has 2 atom stereocenters. The molecule has 1 aliphatic rings. The van der Waals surface area contributed by atoms with E-state index in [0.717, 1.165) is 11.1 Å². The van der Waals surface area contributed by atoms with E-state index in [1.54, 1.807) is 24.7 Å². The van der Waals surface area contributed by atoms with E-state index in [4.69, 9.17) is 23.1 Å². The van der Waals surface area contributed by atoms with Gasteiger partial charge in [0.05, 0.1) is 11.3 Å². The molecule has 2 aromatic carbocycles. The summed E-state index contributed by atoms with van der Waals surface area (Å²) in [6, 6.07) is 12.6. The molecule has 6 rings (SSSR count). The van der Waals surface area contributed by atoms with Crippen molar-refractivity contribution in [3.8, 4) is 22.4 Å². The minimum Gasteiger partial charge on any atom is -0.454 e. The minimum absolute atomic E-state index is 0.110. The van der Waals surface area contributed by atoms with Crippen LogP contribution >= 0.6 is 0 Å². The Hall–Kier alpha value is -3.46. The molecule has 0 N–H and O–H groups in total. The van der Waals surface area contributed by atoms with Gasteiger partial charge in [-0.3, -0.25) is 4.98 Å². The summed E-state index contributed by atoms with van der Waals surface area (Å²) in [7, 11) is 1.68. The molecule has 2 unspecified atom stereocenters. The molecular formula is C31H31N2O+. The van der Waals surface area contributed by atoms with E-state index in [1.807, 2.05) is 43.3 Å². The lowest BCUT2D eigenvalue weighted by Crippen LogP contribution is -2.32. The van der Waals surface area contributed by atoms with Crippen LogP contribution in [0, 0.1) is 13.8 Å². The van der Waals surface area contributed by atoms with Crippen LogP contribution in [0.5, 0.6) is 0 Å². The number of fused-ring (bicyclic) bond motifs is 7. The zero-order chi connectivity index (χ0) is 32.4. The van der Waals surface area contributed by atoms with Gasteiger partial charge in [0.25, 0.3) is 0 Å². The van der Waals surface area contributed by atoms with E-state index in [2.05, 4.69) is 0 Å². The lowest BCUT2D eigenvalue weighted by atomic mass is 9.85. The van der Waals surface area contributed by atoms with Gasteiger partial charge in [0.1, 0.15) is 18.2 Å². The van der Waals surface area contributed by atoms with Crippen molar-refractivity contribution in [2.45, 2.75) is 52.6 Å². The monoisotopic (exact) mass is 457 g/mol. The molecule has 0 aliphatic heterocycles. The second-order valence-corrected chi connectivity index (χ2v) is 9.35. The Kier molecular flexibility index (Phi) is 2.65. The molecule has 170 valence electrons. The third kappa shape index (κ3) is 2.70. The molecule has 0 bridgehead atoms. The van der Waals surface area contributed by atoms with Gasteiger partial charge >= 0.3 is 0 Å². The second kappa shape index (κ2) is 7.02. The standard InChI is InChI=1S/C31H31N2O/c1-17(2)23-16-33(7)25(14-19(23)4)26-18(3)12-13-20-22-15-32-30-27(29(22)34-28(20)26)21-10-8-9-11-24(21)31(30,5)6/h8-17H,1-7H3/q+1/i1D3,4D3,5D3,17D. The Morgan fingerprint density at radius 2 is 1.91 bits per heavy atom.